The molecule has 0 saturated carbocycles. The third-order valence-electron chi connectivity index (χ3n) is 13.0. The molecule has 5 aliphatic heterocycles. The van der Waals surface area contributed by atoms with Crippen molar-refractivity contribution in [1.82, 2.24) is 5.32 Å². The summed E-state index contributed by atoms with van der Waals surface area (Å²) in [6, 6.07) is 0. The largest absolute Gasteiger partial charge is 1.00 e. The van der Waals surface area contributed by atoms with E-state index in [0.717, 1.165) is 100 Å². The zero-order chi connectivity index (χ0) is 48.8. The molecule has 1 saturated heterocycles. The van der Waals surface area contributed by atoms with Gasteiger partial charge in [0, 0.05) is 52.8 Å². The van der Waals surface area contributed by atoms with E-state index >= 15 is 0 Å². The molecule has 0 radical (unpaired) electrons. The van der Waals surface area contributed by atoms with Crippen LogP contribution in [0.15, 0.2) is 119 Å². The van der Waals surface area contributed by atoms with Crippen LogP contribution in [-0.2, 0) is 19.1 Å². The Morgan fingerprint density at radius 1 is 0.771 bits per heavy atom. The number of ether oxygens (including phenoxy) is 2. The number of carbonyl (C=O) groups is 2. The van der Waals surface area contributed by atoms with E-state index in [1.54, 1.807) is 0 Å². The first kappa shape index (κ1) is 64.1. The van der Waals surface area contributed by atoms with Crippen molar-refractivity contribution >= 4 is 29.1 Å². The maximum Gasteiger partial charge on any atom is 0.340 e. The zero-order valence-corrected chi connectivity index (χ0v) is 53.2. The van der Waals surface area contributed by atoms with Gasteiger partial charge in [-0.3, -0.25) is 4.79 Å². The van der Waals surface area contributed by atoms with Gasteiger partial charge in [-0.25, -0.2) is 19.8 Å². The SMILES string of the molecule is C=CC1=C(C)C2=NC1=CC1=NC(=CC3=C(C)C4=C(O)CC(=C5NC(=C2)[C@@H](C)[C@@H]5CCC(=O)OCC(C[N+](C)(C)C)C[N+](C)(C)C)C4=N3)C(CC)=C1C(=O)OCC(C[N+](C)(C)C)C[N+](C)(C)C.[I-].[I-].[I-].[I-]. The number of nitrogens with zero attached hydrogens (tertiary/aromatic N) is 7. The maximum absolute atomic E-state index is 14.5. The first-order valence-corrected chi connectivity index (χ1v) is 23.7. The van der Waals surface area contributed by atoms with Gasteiger partial charge in [-0.05, 0) is 61.6 Å². The summed E-state index contributed by atoms with van der Waals surface area (Å²) in [5.41, 5.74) is 11.4. The number of aliphatic imine (C=N–C) groups is 3. The molecule has 0 aromatic heterocycles. The zero-order valence-electron chi connectivity index (χ0n) is 44.6. The van der Waals surface area contributed by atoms with Crippen LogP contribution in [0.25, 0.3) is 0 Å². The first-order chi connectivity index (χ1) is 30.6. The third-order valence-corrected chi connectivity index (χ3v) is 13.0. The van der Waals surface area contributed by atoms with Crippen LogP contribution in [0.4, 0.5) is 0 Å². The Hall–Kier alpha value is -2.03. The van der Waals surface area contributed by atoms with Crippen molar-refractivity contribution in [1.29, 1.82) is 0 Å². The summed E-state index contributed by atoms with van der Waals surface area (Å²) in [4.78, 5) is 43.7. The Kier molecular flexibility index (Phi) is 22.9. The number of allylic oxidation sites excluding steroid dienone is 11. The molecular formula is C53H80I4N8O5. The molecular weight excluding hydrogens is 1340 g/mol. The summed E-state index contributed by atoms with van der Waals surface area (Å²) in [7, 11) is 26.0. The third kappa shape index (κ3) is 15.7. The van der Waals surface area contributed by atoms with Crippen LogP contribution in [-0.4, -0.2) is 176 Å². The topological polar surface area (TPSA) is 122 Å². The number of halogens is 4. The molecule has 2 atom stereocenters. The van der Waals surface area contributed by atoms with Crippen molar-refractivity contribution in [2.45, 2.75) is 53.4 Å². The second-order valence-electron chi connectivity index (χ2n) is 23.4. The molecule has 2 N–H and O–H groups in total. The van der Waals surface area contributed by atoms with Gasteiger partial charge in [0.15, 0.2) is 0 Å². The molecule has 0 aromatic carbocycles. The van der Waals surface area contributed by atoms with E-state index < -0.39 is 5.97 Å². The van der Waals surface area contributed by atoms with E-state index in [-0.39, 0.29) is 144 Å². The molecule has 5 heterocycles. The number of esters is 2. The summed E-state index contributed by atoms with van der Waals surface area (Å²) in [5.74, 6) is -0.0882. The lowest BCUT2D eigenvalue weighted by molar-refractivity contribution is -0.896. The van der Waals surface area contributed by atoms with Crippen LogP contribution in [0.2, 0.25) is 0 Å². The Bertz CT molecular complexity index is 2390. The number of hydrogen-bond acceptors (Lipinski definition) is 9. The number of quaternary nitrogens is 4. The number of aliphatic hydroxyl groups excluding tert-OH is 1. The number of nitrogens with one attached hydrogen (secondary N) is 1. The van der Waals surface area contributed by atoms with Gasteiger partial charge in [0.1, 0.15) is 19.0 Å². The molecule has 70 heavy (non-hydrogen) atoms. The van der Waals surface area contributed by atoms with Crippen molar-refractivity contribution in [3.8, 4) is 0 Å². The van der Waals surface area contributed by atoms with E-state index in [0.29, 0.717) is 54.2 Å². The van der Waals surface area contributed by atoms with Crippen LogP contribution in [0.3, 0.4) is 0 Å². The molecule has 0 amide bonds. The summed E-state index contributed by atoms with van der Waals surface area (Å²) < 4.78 is 15.4. The van der Waals surface area contributed by atoms with Gasteiger partial charge in [-0.15, -0.1) is 0 Å². The molecule has 6 rings (SSSR count). The van der Waals surface area contributed by atoms with Gasteiger partial charge >= 0.3 is 11.9 Å². The van der Waals surface area contributed by atoms with Gasteiger partial charge in [0.05, 0.1) is 162 Å². The van der Waals surface area contributed by atoms with Crippen molar-refractivity contribution in [3.05, 3.63) is 104 Å². The van der Waals surface area contributed by atoms with Crippen LogP contribution in [0.5, 0.6) is 0 Å². The lowest BCUT2D eigenvalue weighted by Crippen LogP contribution is -3.00. The highest BCUT2D eigenvalue weighted by Crippen LogP contribution is 2.46. The van der Waals surface area contributed by atoms with Crippen LogP contribution in [0.1, 0.15) is 53.4 Å². The smallest absolute Gasteiger partial charge is 0.340 e. The van der Waals surface area contributed by atoms with Gasteiger partial charge in [0.2, 0.25) is 0 Å². The minimum atomic E-state index is -0.409. The van der Waals surface area contributed by atoms with E-state index in [4.69, 9.17) is 24.5 Å². The first-order valence-electron chi connectivity index (χ1n) is 23.7. The van der Waals surface area contributed by atoms with Gasteiger partial charge < -0.3 is 134 Å². The maximum atomic E-state index is 14.5. The number of aliphatic hydroxyl groups is 1. The molecule has 0 unspecified atom stereocenters. The summed E-state index contributed by atoms with van der Waals surface area (Å²) >= 11 is 0. The minimum Gasteiger partial charge on any atom is -1.00 e. The average molecular weight is 1420 g/mol. The van der Waals surface area contributed by atoms with Crippen LogP contribution >= 0.6 is 0 Å². The monoisotopic (exact) mass is 1420 g/mol. The summed E-state index contributed by atoms with van der Waals surface area (Å²) in [6.07, 6.45) is 9.41. The second-order valence-corrected chi connectivity index (χ2v) is 23.4. The van der Waals surface area contributed by atoms with Crippen LogP contribution in [0, 0.1) is 23.7 Å². The van der Waals surface area contributed by atoms with Crippen molar-refractivity contribution in [2.24, 2.45) is 38.6 Å². The van der Waals surface area contributed by atoms with E-state index in [1.807, 2.05) is 39.0 Å². The molecule has 0 spiro atoms. The Balaban J connectivity index is 0.00000420. The molecule has 17 heteroatoms. The highest BCUT2D eigenvalue weighted by Gasteiger charge is 2.42. The fourth-order valence-electron chi connectivity index (χ4n) is 10.6. The predicted octanol–water partition coefficient (Wildman–Crippen LogP) is -5.24. The lowest BCUT2D eigenvalue weighted by Gasteiger charge is -2.33. The second kappa shape index (κ2) is 25.0. The van der Waals surface area contributed by atoms with Gasteiger partial charge in [-0.1, -0.05) is 26.5 Å². The Morgan fingerprint density at radius 2 is 1.30 bits per heavy atom. The van der Waals surface area contributed by atoms with Crippen molar-refractivity contribution < 1.29 is 138 Å². The predicted molar refractivity (Wildman–Crippen MR) is 266 cm³/mol. The van der Waals surface area contributed by atoms with Gasteiger partial charge in [-0.2, -0.15) is 0 Å². The summed E-state index contributed by atoms with van der Waals surface area (Å²) in [5, 5.41) is 15.5. The fourth-order valence-corrected chi connectivity index (χ4v) is 10.6. The summed E-state index contributed by atoms with van der Waals surface area (Å²) in [6.45, 7) is 16.6. The fraction of sp³-hybridized carbons (Fsp3) is 0.566. The highest BCUT2D eigenvalue weighted by atomic mass is 127. The molecule has 6 aliphatic rings. The standard InChI is InChI=1S/C53H78N8O5.4HI/c1-18-37-32(3)41-23-42-33(4)39(20-21-48(63)65-30-35(26-58(6,7)8)27-59(9,10)11)51(56-42)40-22-47(62)49-34(5)43(57-52(40)49)24-45-38(19-2)50(46(55-45)25-44(37)54-41)53(64)66-31-36(28-60(12,13)14)29-61(15,16)17;;;;/h18,23-25,33,35-36,39H,1,19-22,26-31H2,2-17H3;4*1H/q+2;;;;/p-2/t33-,39-;;;;/m0..../s1. The van der Waals surface area contributed by atoms with Gasteiger partial charge in [0.25, 0.3) is 0 Å². The molecule has 1 fully saturated rings. The number of fused-ring (bicyclic) bond motifs is 5. The average Bonchev–Trinajstić information content (AvgIpc) is 3.94. The normalized spacial score (nSPS) is 20.0. The molecule has 1 aliphatic carbocycles. The lowest BCUT2D eigenvalue weighted by atomic mass is 9.86. The van der Waals surface area contributed by atoms with E-state index in [1.165, 1.54) is 0 Å². The number of rotatable bonds is 18. The Morgan fingerprint density at radius 3 is 1.81 bits per heavy atom. The number of carbonyl (C=O) groups excluding carboxylic acids is 2. The molecule has 0 aromatic rings. The Labute approximate surface area is 488 Å². The van der Waals surface area contributed by atoms with E-state index in [9.17, 15) is 14.7 Å². The van der Waals surface area contributed by atoms with Crippen molar-refractivity contribution in [2.75, 3.05) is 124 Å². The minimum absolute atomic E-state index is 0. The molecule has 390 valence electrons. The van der Waals surface area contributed by atoms with E-state index in [2.05, 4.69) is 109 Å². The molecule has 8 bridgehead atoms. The number of hydrogen-bond donors (Lipinski definition) is 2. The van der Waals surface area contributed by atoms with Crippen LogP contribution < -0.4 is 101 Å². The highest BCUT2D eigenvalue weighted by molar-refractivity contribution is 6.28. The van der Waals surface area contributed by atoms with Crippen molar-refractivity contribution in [3.63, 3.8) is 0 Å². The molecule has 13 nitrogen and oxygen atoms in total. The quantitative estimate of drug-likeness (QED) is 0.0806.